The van der Waals surface area contributed by atoms with Crippen molar-refractivity contribution >= 4 is 12.0 Å². The predicted octanol–water partition coefficient (Wildman–Crippen LogP) is 1.36. The second-order valence-corrected chi connectivity index (χ2v) is 8.50. The van der Waals surface area contributed by atoms with Crippen LogP contribution >= 0.6 is 0 Å². The summed E-state index contributed by atoms with van der Waals surface area (Å²) in [6.07, 6.45) is 2.54. The van der Waals surface area contributed by atoms with Crippen LogP contribution in [0.1, 0.15) is 47.0 Å². The van der Waals surface area contributed by atoms with E-state index in [1.54, 1.807) is 0 Å². The molecule has 0 saturated carbocycles. The zero-order valence-corrected chi connectivity index (χ0v) is 15.8. The molecule has 7 nitrogen and oxygen atoms in total. The summed E-state index contributed by atoms with van der Waals surface area (Å²) >= 11 is 0. The molecule has 7 heteroatoms. The van der Waals surface area contributed by atoms with E-state index < -0.39 is 17.7 Å². The molecular weight excluding hydrogens is 322 g/mol. The van der Waals surface area contributed by atoms with Gasteiger partial charge in [-0.1, -0.05) is 0 Å². The molecule has 2 amide bonds. The largest absolute Gasteiger partial charge is 0.444 e. The molecule has 0 spiro atoms. The van der Waals surface area contributed by atoms with Crippen molar-refractivity contribution in [3.05, 3.63) is 0 Å². The van der Waals surface area contributed by atoms with Crippen LogP contribution in [0.4, 0.5) is 4.79 Å². The van der Waals surface area contributed by atoms with Gasteiger partial charge in [0.25, 0.3) is 0 Å². The summed E-state index contributed by atoms with van der Waals surface area (Å²) in [5.74, 6) is 0.0193. The monoisotopic (exact) mass is 353 g/mol. The van der Waals surface area contributed by atoms with E-state index in [0.717, 1.165) is 25.8 Å². The molecule has 3 aliphatic rings. The molecule has 3 aliphatic heterocycles. The number of carbonyl (C=O) groups excluding carboxylic acids is 2. The maximum Gasteiger partial charge on any atom is 0.408 e. The van der Waals surface area contributed by atoms with Crippen LogP contribution in [0, 0.1) is 0 Å². The van der Waals surface area contributed by atoms with Crippen LogP contribution in [0.25, 0.3) is 0 Å². The van der Waals surface area contributed by atoms with Gasteiger partial charge < -0.3 is 19.7 Å². The van der Waals surface area contributed by atoms with E-state index in [1.165, 1.54) is 0 Å². The summed E-state index contributed by atoms with van der Waals surface area (Å²) in [4.78, 5) is 29.7. The van der Waals surface area contributed by atoms with Gasteiger partial charge >= 0.3 is 6.09 Å². The minimum atomic E-state index is -0.584. The van der Waals surface area contributed by atoms with Gasteiger partial charge in [-0.15, -0.1) is 0 Å². The van der Waals surface area contributed by atoms with Gasteiger partial charge in [0.1, 0.15) is 11.6 Å². The number of ether oxygens (including phenoxy) is 2. The third-order valence-corrected chi connectivity index (χ3v) is 5.33. The summed E-state index contributed by atoms with van der Waals surface area (Å²) < 4.78 is 10.7. The number of alkyl carbamates (subject to hydrolysis) is 1. The maximum atomic E-state index is 13.2. The van der Waals surface area contributed by atoms with Crippen molar-refractivity contribution in [2.75, 3.05) is 26.3 Å². The number of amides is 2. The number of hydrogen-bond donors (Lipinski definition) is 1. The highest BCUT2D eigenvalue weighted by atomic mass is 16.6. The highest BCUT2D eigenvalue weighted by molar-refractivity contribution is 5.86. The van der Waals surface area contributed by atoms with Gasteiger partial charge in [-0.3, -0.25) is 9.69 Å². The number of nitrogens with one attached hydrogen (secondary N) is 1. The molecule has 3 saturated heterocycles. The van der Waals surface area contributed by atoms with Crippen molar-refractivity contribution in [3.63, 3.8) is 0 Å². The highest BCUT2D eigenvalue weighted by Crippen LogP contribution is 2.29. The van der Waals surface area contributed by atoms with Crippen molar-refractivity contribution in [2.45, 2.75) is 76.7 Å². The number of nitrogens with zero attached hydrogens (tertiary/aromatic N) is 2. The van der Waals surface area contributed by atoms with Crippen LogP contribution in [0.3, 0.4) is 0 Å². The van der Waals surface area contributed by atoms with Gasteiger partial charge in [0.15, 0.2) is 0 Å². The normalized spacial score (nSPS) is 31.8. The van der Waals surface area contributed by atoms with E-state index in [4.69, 9.17) is 9.47 Å². The fourth-order valence-electron chi connectivity index (χ4n) is 3.97. The number of fused-ring (bicyclic) bond motifs is 1. The lowest BCUT2D eigenvalue weighted by Crippen LogP contribution is -2.62. The minimum Gasteiger partial charge on any atom is -0.444 e. The fourth-order valence-corrected chi connectivity index (χ4v) is 3.97. The van der Waals surface area contributed by atoms with Crippen LogP contribution in [-0.4, -0.2) is 77.9 Å². The lowest BCUT2D eigenvalue weighted by Gasteiger charge is -2.43. The van der Waals surface area contributed by atoms with Crippen molar-refractivity contribution in [1.82, 2.24) is 15.1 Å². The first-order valence-corrected chi connectivity index (χ1v) is 9.38. The third kappa shape index (κ3) is 4.26. The number of carbonyl (C=O) groups is 2. The Morgan fingerprint density at radius 2 is 1.92 bits per heavy atom. The third-order valence-electron chi connectivity index (χ3n) is 5.33. The highest BCUT2D eigenvalue weighted by Gasteiger charge is 2.42. The SMILES string of the molecule is CC1CCC2CCN(C3COC3)CC(NC(=O)OC(C)(C)C)C(=O)N12. The topological polar surface area (TPSA) is 71.1 Å². The molecule has 0 aliphatic carbocycles. The van der Waals surface area contributed by atoms with Crippen molar-refractivity contribution in [1.29, 1.82) is 0 Å². The van der Waals surface area contributed by atoms with E-state index in [2.05, 4.69) is 17.1 Å². The van der Waals surface area contributed by atoms with E-state index >= 15 is 0 Å². The summed E-state index contributed by atoms with van der Waals surface area (Å²) in [5.41, 5.74) is -0.584. The maximum absolute atomic E-state index is 13.2. The van der Waals surface area contributed by atoms with Crippen molar-refractivity contribution in [2.24, 2.45) is 0 Å². The van der Waals surface area contributed by atoms with Crippen molar-refractivity contribution in [3.8, 4) is 0 Å². The zero-order chi connectivity index (χ0) is 18.2. The van der Waals surface area contributed by atoms with E-state index in [9.17, 15) is 9.59 Å². The van der Waals surface area contributed by atoms with Gasteiger partial charge in [0.05, 0.1) is 19.3 Å². The van der Waals surface area contributed by atoms with Gasteiger partial charge in [-0.05, 0) is 47.0 Å². The Bertz CT molecular complexity index is 515. The number of rotatable bonds is 2. The molecule has 0 radical (unpaired) electrons. The summed E-state index contributed by atoms with van der Waals surface area (Å²) in [6, 6.07) is 0.285. The molecule has 3 unspecified atom stereocenters. The standard InChI is InChI=1S/C18H31N3O4/c1-12-5-6-13-7-8-20(14-10-24-11-14)9-15(16(22)21(12)13)19-17(23)25-18(2,3)4/h12-15H,5-11H2,1-4H3,(H,19,23). The Kier molecular flexibility index (Phi) is 5.25. The van der Waals surface area contributed by atoms with Crippen LogP contribution in [0.2, 0.25) is 0 Å². The van der Waals surface area contributed by atoms with E-state index in [0.29, 0.717) is 25.8 Å². The predicted molar refractivity (Wildman–Crippen MR) is 93.3 cm³/mol. The second-order valence-electron chi connectivity index (χ2n) is 8.50. The first kappa shape index (κ1) is 18.5. The summed E-state index contributed by atoms with van der Waals surface area (Å²) in [6.45, 7) is 10.4. The first-order chi connectivity index (χ1) is 11.7. The van der Waals surface area contributed by atoms with Crippen molar-refractivity contribution < 1.29 is 19.1 Å². The Labute approximate surface area is 150 Å². The van der Waals surface area contributed by atoms with E-state index in [1.807, 2.05) is 25.7 Å². The molecule has 0 aromatic rings. The molecular formula is C18H31N3O4. The molecule has 142 valence electrons. The Morgan fingerprint density at radius 1 is 1.20 bits per heavy atom. The molecule has 0 aromatic carbocycles. The summed E-state index contributed by atoms with van der Waals surface area (Å²) in [7, 11) is 0. The van der Waals surface area contributed by atoms with Gasteiger partial charge in [0, 0.05) is 25.2 Å². The van der Waals surface area contributed by atoms with Gasteiger partial charge in [0.2, 0.25) is 5.91 Å². The van der Waals surface area contributed by atoms with Crippen LogP contribution in [-0.2, 0) is 14.3 Å². The van der Waals surface area contributed by atoms with E-state index in [-0.39, 0.29) is 18.0 Å². The lowest BCUT2D eigenvalue weighted by atomic mass is 10.0. The molecule has 0 bridgehead atoms. The second kappa shape index (κ2) is 7.11. The Hall–Kier alpha value is -1.34. The molecule has 3 heterocycles. The summed E-state index contributed by atoms with van der Waals surface area (Å²) in [5, 5.41) is 2.82. The molecule has 25 heavy (non-hydrogen) atoms. The van der Waals surface area contributed by atoms with Gasteiger partial charge in [-0.25, -0.2) is 4.79 Å². The minimum absolute atomic E-state index is 0.0193. The fraction of sp³-hybridized carbons (Fsp3) is 0.889. The molecule has 0 aromatic heterocycles. The number of hydrogen-bond acceptors (Lipinski definition) is 5. The molecule has 1 N–H and O–H groups in total. The first-order valence-electron chi connectivity index (χ1n) is 9.38. The van der Waals surface area contributed by atoms with Crippen LogP contribution in [0.5, 0.6) is 0 Å². The van der Waals surface area contributed by atoms with Crippen LogP contribution < -0.4 is 5.32 Å². The molecule has 3 rings (SSSR count). The average Bonchev–Trinajstić information content (AvgIpc) is 2.78. The average molecular weight is 353 g/mol. The lowest BCUT2D eigenvalue weighted by molar-refractivity contribution is -0.140. The Balaban J connectivity index is 1.74. The molecule has 3 atom stereocenters. The van der Waals surface area contributed by atoms with Gasteiger partial charge in [-0.2, -0.15) is 0 Å². The Morgan fingerprint density at radius 3 is 2.52 bits per heavy atom. The smallest absolute Gasteiger partial charge is 0.408 e. The molecule has 3 fully saturated rings. The zero-order valence-electron chi connectivity index (χ0n) is 15.8. The quantitative estimate of drug-likeness (QED) is 0.812. The van der Waals surface area contributed by atoms with Crippen LogP contribution in [0.15, 0.2) is 0 Å².